The van der Waals surface area contributed by atoms with Gasteiger partial charge in [0.05, 0.1) is 5.60 Å². The van der Waals surface area contributed by atoms with Crippen molar-refractivity contribution < 1.29 is 5.11 Å². The fourth-order valence-corrected chi connectivity index (χ4v) is 4.73. The predicted octanol–water partition coefficient (Wildman–Crippen LogP) is 2.64. The molecule has 2 unspecified atom stereocenters. The molecular weight excluding hydrogens is 218 g/mol. The van der Waals surface area contributed by atoms with Crippen molar-refractivity contribution in [3.8, 4) is 0 Å². The maximum atomic E-state index is 10.8. The molecule has 0 aliphatic carbocycles. The van der Waals surface area contributed by atoms with Crippen LogP contribution < -0.4 is 0 Å². The first-order valence-electron chi connectivity index (χ1n) is 5.97. The highest BCUT2D eigenvalue weighted by Crippen LogP contribution is 2.50. The van der Waals surface area contributed by atoms with Crippen LogP contribution in [0.3, 0.4) is 0 Å². The molecule has 1 aromatic heterocycles. The molecular formula is C13H17NOS. The second-order valence-electron chi connectivity index (χ2n) is 5.09. The van der Waals surface area contributed by atoms with Crippen LogP contribution in [0.1, 0.15) is 36.9 Å². The third-order valence-corrected chi connectivity index (χ3v) is 5.35. The zero-order valence-electron chi connectivity index (χ0n) is 9.52. The van der Waals surface area contributed by atoms with Gasteiger partial charge in [-0.25, -0.2) is 0 Å². The number of hydrogen-bond donors (Lipinski definition) is 1. The van der Waals surface area contributed by atoms with Crippen molar-refractivity contribution in [3.63, 3.8) is 0 Å². The molecule has 2 aliphatic heterocycles. The first-order valence-corrected chi connectivity index (χ1v) is 6.91. The Labute approximate surface area is 100 Å². The van der Waals surface area contributed by atoms with Crippen LogP contribution >= 0.6 is 11.8 Å². The fourth-order valence-electron chi connectivity index (χ4n) is 2.90. The van der Waals surface area contributed by atoms with E-state index in [1.165, 1.54) is 12.8 Å². The molecule has 3 heteroatoms. The SMILES string of the molecule is Cc1ccc(C2(O)CC3CCC(C2)S3)cn1. The highest BCUT2D eigenvalue weighted by atomic mass is 32.2. The molecule has 0 amide bonds. The van der Waals surface area contributed by atoms with Gasteiger partial charge >= 0.3 is 0 Å². The summed E-state index contributed by atoms with van der Waals surface area (Å²) in [4.78, 5) is 4.30. The number of thioether (sulfide) groups is 1. The van der Waals surface area contributed by atoms with Crippen molar-refractivity contribution >= 4 is 11.8 Å². The van der Waals surface area contributed by atoms with Gasteiger partial charge in [0.15, 0.2) is 0 Å². The third-order valence-electron chi connectivity index (χ3n) is 3.77. The number of aryl methyl sites for hydroxylation is 1. The van der Waals surface area contributed by atoms with E-state index in [0.29, 0.717) is 10.5 Å². The van der Waals surface area contributed by atoms with Gasteiger partial charge in [-0.1, -0.05) is 6.07 Å². The normalized spacial score (nSPS) is 37.6. The first-order chi connectivity index (χ1) is 7.66. The van der Waals surface area contributed by atoms with Crippen molar-refractivity contribution in [2.75, 3.05) is 0 Å². The molecule has 0 spiro atoms. The second-order valence-corrected chi connectivity index (χ2v) is 6.69. The summed E-state index contributed by atoms with van der Waals surface area (Å²) in [5.74, 6) is 0. The van der Waals surface area contributed by atoms with Gasteiger partial charge in [0, 0.05) is 28.0 Å². The minimum atomic E-state index is -0.613. The van der Waals surface area contributed by atoms with Crippen molar-refractivity contribution in [2.45, 2.75) is 48.7 Å². The first kappa shape index (κ1) is 10.6. The van der Waals surface area contributed by atoms with Crippen molar-refractivity contribution in [1.82, 2.24) is 4.98 Å². The zero-order valence-corrected chi connectivity index (χ0v) is 10.3. The Morgan fingerprint density at radius 3 is 2.56 bits per heavy atom. The number of aliphatic hydroxyl groups is 1. The largest absolute Gasteiger partial charge is 0.385 e. The van der Waals surface area contributed by atoms with E-state index in [-0.39, 0.29) is 0 Å². The fraction of sp³-hybridized carbons (Fsp3) is 0.615. The second kappa shape index (κ2) is 3.74. The van der Waals surface area contributed by atoms with E-state index in [2.05, 4.69) is 16.7 Å². The van der Waals surface area contributed by atoms with Gasteiger partial charge in [-0.3, -0.25) is 4.98 Å². The Morgan fingerprint density at radius 2 is 2.00 bits per heavy atom. The maximum absolute atomic E-state index is 10.8. The van der Waals surface area contributed by atoms with E-state index in [0.717, 1.165) is 24.1 Å². The molecule has 3 rings (SSSR count). The Morgan fingerprint density at radius 1 is 1.31 bits per heavy atom. The number of fused-ring (bicyclic) bond motifs is 2. The Kier molecular flexibility index (Phi) is 2.48. The third kappa shape index (κ3) is 1.76. The smallest absolute Gasteiger partial charge is 0.0932 e. The molecule has 1 N–H and O–H groups in total. The van der Waals surface area contributed by atoms with Crippen LogP contribution in [0.4, 0.5) is 0 Å². The van der Waals surface area contributed by atoms with E-state index < -0.39 is 5.60 Å². The molecule has 2 aliphatic rings. The minimum Gasteiger partial charge on any atom is -0.385 e. The van der Waals surface area contributed by atoms with Crippen molar-refractivity contribution in [1.29, 1.82) is 0 Å². The summed E-state index contributed by atoms with van der Waals surface area (Å²) in [5, 5.41) is 12.1. The van der Waals surface area contributed by atoms with Gasteiger partial charge in [0.1, 0.15) is 0 Å². The average Bonchev–Trinajstić information content (AvgIpc) is 2.59. The molecule has 2 fully saturated rings. The van der Waals surface area contributed by atoms with Gasteiger partial charge in [0.2, 0.25) is 0 Å². The summed E-state index contributed by atoms with van der Waals surface area (Å²) in [7, 11) is 0. The van der Waals surface area contributed by atoms with Crippen LogP contribution in [0.2, 0.25) is 0 Å². The van der Waals surface area contributed by atoms with Crippen LogP contribution in [-0.4, -0.2) is 20.6 Å². The molecule has 2 saturated heterocycles. The van der Waals surface area contributed by atoms with Crippen LogP contribution in [-0.2, 0) is 5.60 Å². The lowest BCUT2D eigenvalue weighted by molar-refractivity contribution is 0.0193. The lowest BCUT2D eigenvalue weighted by Gasteiger charge is -2.36. The Bertz CT molecular complexity index is 377. The number of hydrogen-bond acceptors (Lipinski definition) is 3. The molecule has 2 nitrogen and oxygen atoms in total. The lowest BCUT2D eigenvalue weighted by atomic mass is 9.87. The minimum absolute atomic E-state index is 0.613. The quantitative estimate of drug-likeness (QED) is 0.812. The summed E-state index contributed by atoms with van der Waals surface area (Å²) in [5.41, 5.74) is 1.41. The molecule has 1 aromatic rings. The van der Waals surface area contributed by atoms with Crippen molar-refractivity contribution in [2.24, 2.45) is 0 Å². The molecule has 86 valence electrons. The van der Waals surface area contributed by atoms with E-state index in [4.69, 9.17) is 0 Å². The van der Waals surface area contributed by atoms with Gasteiger partial charge in [-0.2, -0.15) is 11.8 Å². The van der Waals surface area contributed by atoms with E-state index in [9.17, 15) is 5.11 Å². The molecule has 2 bridgehead atoms. The van der Waals surface area contributed by atoms with Gasteiger partial charge in [-0.05, 0) is 38.7 Å². The monoisotopic (exact) mass is 235 g/mol. The standard InChI is InChI=1S/C13H17NOS/c1-9-2-3-10(8-14-9)13(15)6-11-4-5-12(7-13)16-11/h2-3,8,11-12,15H,4-7H2,1H3. The van der Waals surface area contributed by atoms with Gasteiger partial charge in [-0.15, -0.1) is 0 Å². The average molecular weight is 235 g/mol. The maximum Gasteiger partial charge on any atom is 0.0932 e. The van der Waals surface area contributed by atoms with Crippen LogP contribution in [0.15, 0.2) is 18.3 Å². The lowest BCUT2D eigenvalue weighted by Crippen LogP contribution is -2.34. The van der Waals surface area contributed by atoms with Crippen LogP contribution in [0.25, 0.3) is 0 Å². The summed E-state index contributed by atoms with van der Waals surface area (Å²) < 4.78 is 0. The molecule has 3 heterocycles. The predicted molar refractivity (Wildman–Crippen MR) is 66.5 cm³/mol. The molecule has 16 heavy (non-hydrogen) atoms. The van der Waals surface area contributed by atoms with E-state index in [1.807, 2.05) is 25.3 Å². The number of aromatic nitrogens is 1. The highest BCUT2D eigenvalue weighted by Gasteiger charge is 2.44. The number of nitrogens with zero attached hydrogens (tertiary/aromatic N) is 1. The molecule has 0 radical (unpaired) electrons. The Hall–Kier alpha value is -0.540. The summed E-state index contributed by atoms with van der Waals surface area (Å²) in [6.07, 6.45) is 6.20. The molecule has 2 atom stereocenters. The summed E-state index contributed by atoms with van der Waals surface area (Å²) >= 11 is 2.07. The van der Waals surface area contributed by atoms with E-state index >= 15 is 0 Å². The van der Waals surface area contributed by atoms with Crippen molar-refractivity contribution in [3.05, 3.63) is 29.6 Å². The highest BCUT2D eigenvalue weighted by molar-refractivity contribution is 8.00. The molecule has 0 saturated carbocycles. The number of rotatable bonds is 1. The summed E-state index contributed by atoms with van der Waals surface area (Å²) in [6.45, 7) is 1.98. The molecule has 0 aromatic carbocycles. The van der Waals surface area contributed by atoms with Gasteiger partial charge < -0.3 is 5.11 Å². The van der Waals surface area contributed by atoms with Gasteiger partial charge in [0.25, 0.3) is 0 Å². The topological polar surface area (TPSA) is 33.1 Å². The summed E-state index contributed by atoms with van der Waals surface area (Å²) in [6, 6.07) is 4.04. The van der Waals surface area contributed by atoms with E-state index in [1.54, 1.807) is 0 Å². The van der Waals surface area contributed by atoms with Crippen LogP contribution in [0.5, 0.6) is 0 Å². The van der Waals surface area contributed by atoms with Crippen LogP contribution in [0, 0.1) is 6.92 Å². The Balaban J connectivity index is 1.90. The zero-order chi connectivity index (χ0) is 11.2. The number of pyridine rings is 1.